The fraction of sp³-hybridized carbons (Fsp3) is 0.370. The van der Waals surface area contributed by atoms with Crippen LogP contribution in [0.15, 0.2) is 60.7 Å². The molecule has 5 nitrogen and oxygen atoms in total. The van der Waals surface area contributed by atoms with Crippen LogP contribution in [0.4, 0.5) is 5.82 Å². The third-order valence-electron chi connectivity index (χ3n) is 5.93. The second-order valence-corrected chi connectivity index (χ2v) is 8.42. The lowest BCUT2D eigenvalue weighted by molar-refractivity contribution is 0.233. The van der Waals surface area contributed by atoms with Crippen LogP contribution in [0.5, 0.6) is 11.6 Å². The smallest absolute Gasteiger partial charge is 0.215 e. The predicted molar refractivity (Wildman–Crippen MR) is 129 cm³/mol. The minimum atomic E-state index is 0.673. The lowest BCUT2D eigenvalue weighted by Crippen LogP contribution is -2.31. The Morgan fingerprint density at radius 1 is 1.00 bits per heavy atom. The molecule has 1 N–H and O–H groups in total. The minimum Gasteiger partial charge on any atom is -0.497 e. The summed E-state index contributed by atoms with van der Waals surface area (Å²) in [5, 5.41) is 3.36. The maximum Gasteiger partial charge on any atom is 0.215 e. The molecule has 0 unspecified atom stereocenters. The van der Waals surface area contributed by atoms with Crippen molar-refractivity contribution in [2.75, 3.05) is 32.1 Å². The Labute approximate surface area is 191 Å². The Bertz CT molecular complexity index is 1000. The number of anilines is 1. The first-order valence-corrected chi connectivity index (χ1v) is 11.5. The Morgan fingerprint density at radius 3 is 2.72 bits per heavy atom. The summed E-state index contributed by atoms with van der Waals surface area (Å²) < 4.78 is 11.1. The van der Waals surface area contributed by atoms with Gasteiger partial charge >= 0.3 is 0 Å². The molecule has 0 bridgehead atoms. The summed E-state index contributed by atoms with van der Waals surface area (Å²) in [7, 11) is 1.68. The number of benzene rings is 2. The lowest BCUT2D eigenvalue weighted by atomic mass is 9.97. The van der Waals surface area contributed by atoms with Gasteiger partial charge in [-0.05, 0) is 67.6 Å². The summed E-state index contributed by atoms with van der Waals surface area (Å²) in [6, 6.07) is 20.8. The number of aryl methyl sites for hydroxylation is 1. The number of pyridine rings is 1. The van der Waals surface area contributed by atoms with E-state index in [1.807, 2.05) is 42.5 Å². The summed E-state index contributed by atoms with van der Waals surface area (Å²) >= 11 is 0. The van der Waals surface area contributed by atoms with Crippen molar-refractivity contribution < 1.29 is 9.47 Å². The molecule has 2 aromatic carbocycles. The molecule has 0 saturated carbocycles. The lowest BCUT2D eigenvalue weighted by Gasteiger charge is -2.29. The second kappa shape index (κ2) is 11.0. The predicted octanol–water partition coefficient (Wildman–Crippen LogP) is 5.23. The van der Waals surface area contributed by atoms with Gasteiger partial charge in [0.15, 0.2) is 0 Å². The van der Waals surface area contributed by atoms with E-state index in [1.54, 1.807) is 7.11 Å². The SMILES string of the molecule is COc1ccc(CNc2cccc(OCCCCN3CCc4ccc(C)cc4C3)n2)cc1. The van der Waals surface area contributed by atoms with Gasteiger partial charge in [0.1, 0.15) is 11.6 Å². The van der Waals surface area contributed by atoms with Crippen molar-refractivity contribution in [3.63, 3.8) is 0 Å². The first-order valence-electron chi connectivity index (χ1n) is 11.5. The summed E-state index contributed by atoms with van der Waals surface area (Å²) in [6.45, 7) is 6.92. The van der Waals surface area contributed by atoms with Crippen LogP contribution in [0.2, 0.25) is 0 Å². The van der Waals surface area contributed by atoms with Gasteiger partial charge < -0.3 is 14.8 Å². The standard InChI is InChI=1S/C27H33N3O2/c1-21-8-11-23-14-16-30(20-24(23)18-21)15-3-4-17-32-27-7-5-6-26(29-27)28-19-22-9-12-25(31-2)13-10-22/h5-13,18H,3-4,14-17,19-20H2,1-2H3,(H,28,29). The normalized spacial score (nSPS) is 13.4. The molecular weight excluding hydrogens is 398 g/mol. The molecule has 2 heterocycles. The van der Waals surface area contributed by atoms with Gasteiger partial charge in [0.05, 0.1) is 13.7 Å². The molecule has 0 fully saturated rings. The van der Waals surface area contributed by atoms with Gasteiger partial charge in [0.25, 0.3) is 0 Å². The second-order valence-electron chi connectivity index (χ2n) is 8.42. The quantitative estimate of drug-likeness (QED) is 0.446. The van der Waals surface area contributed by atoms with Crippen LogP contribution in [0.1, 0.15) is 35.1 Å². The van der Waals surface area contributed by atoms with Gasteiger partial charge in [-0.2, -0.15) is 4.98 Å². The van der Waals surface area contributed by atoms with Crippen LogP contribution in [0.25, 0.3) is 0 Å². The van der Waals surface area contributed by atoms with E-state index in [-0.39, 0.29) is 0 Å². The molecule has 3 aromatic rings. The van der Waals surface area contributed by atoms with Crippen LogP contribution in [0, 0.1) is 6.92 Å². The summed E-state index contributed by atoms with van der Waals surface area (Å²) in [6.07, 6.45) is 3.32. The van der Waals surface area contributed by atoms with Gasteiger partial charge in [0, 0.05) is 25.7 Å². The number of rotatable bonds is 10. The van der Waals surface area contributed by atoms with E-state index in [1.165, 1.54) is 22.3 Å². The summed E-state index contributed by atoms with van der Waals surface area (Å²) in [5.41, 5.74) is 5.54. The number of nitrogens with zero attached hydrogens (tertiary/aromatic N) is 2. The Balaban J connectivity index is 1.16. The average Bonchev–Trinajstić information content (AvgIpc) is 2.83. The van der Waals surface area contributed by atoms with Crippen LogP contribution >= 0.6 is 0 Å². The van der Waals surface area contributed by atoms with Crippen LogP contribution < -0.4 is 14.8 Å². The molecule has 0 spiro atoms. The van der Waals surface area contributed by atoms with E-state index < -0.39 is 0 Å². The van der Waals surface area contributed by atoms with Crippen molar-refractivity contribution in [1.82, 2.24) is 9.88 Å². The van der Waals surface area contributed by atoms with Gasteiger partial charge in [-0.3, -0.25) is 4.90 Å². The third kappa shape index (κ3) is 6.24. The van der Waals surface area contributed by atoms with E-state index in [2.05, 4.69) is 40.3 Å². The first kappa shape index (κ1) is 22.2. The molecule has 0 aliphatic carbocycles. The van der Waals surface area contributed by atoms with Crippen LogP contribution in [-0.2, 0) is 19.5 Å². The number of hydrogen-bond donors (Lipinski definition) is 1. The maximum atomic E-state index is 5.90. The number of aromatic nitrogens is 1. The van der Waals surface area contributed by atoms with Crippen molar-refractivity contribution in [3.8, 4) is 11.6 Å². The van der Waals surface area contributed by atoms with Crippen molar-refractivity contribution in [3.05, 3.63) is 82.9 Å². The molecular formula is C27H33N3O2. The number of unbranched alkanes of at least 4 members (excludes halogenated alkanes) is 1. The first-order chi connectivity index (χ1) is 15.7. The maximum absolute atomic E-state index is 5.90. The van der Waals surface area contributed by atoms with Crippen molar-refractivity contribution in [2.45, 2.75) is 39.3 Å². The Hall–Kier alpha value is -3.05. The number of nitrogens with one attached hydrogen (secondary N) is 1. The largest absolute Gasteiger partial charge is 0.497 e. The zero-order valence-corrected chi connectivity index (χ0v) is 19.1. The molecule has 5 heteroatoms. The number of methoxy groups -OCH3 is 1. The topological polar surface area (TPSA) is 46.6 Å². The molecule has 1 aromatic heterocycles. The molecule has 0 saturated heterocycles. The van der Waals surface area contributed by atoms with E-state index in [0.717, 1.165) is 50.5 Å². The highest BCUT2D eigenvalue weighted by Crippen LogP contribution is 2.20. The van der Waals surface area contributed by atoms with Gasteiger partial charge in [-0.25, -0.2) is 0 Å². The van der Waals surface area contributed by atoms with E-state index in [4.69, 9.17) is 9.47 Å². The molecule has 0 amide bonds. The van der Waals surface area contributed by atoms with Crippen molar-refractivity contribution in [1.29, 1.82) is 0 Å². The summed E-state index contributed by atoms with van der Waals surface area (Å²) in [5.74, 6) is 2.36. The number of fused-ring (bicyclic) bond motifs is 1. The average molecular weight is 432 g/mol. The minimum absolute atomic E-state index is 0.673. The number of hydrogen-bond acceptors (Lipinski definition) is 5. The monoisotopic (exact) mass is 431 g/mol. The fourth-order valence-electron chi connectivity index (χ4n) is 4.08. The fourth-order valence-corrected chi connectivity index (χ4v) is 4.08. The van der Waals surface area contributed by atoms with Gasteiger partial charge in [-0.15, -0.1) is 0 Å². The summed E-state index contributed by atoms with van der Waals surface area (Å²) in [4.78, 5) is 7.13. The van der Waals surface area contributed by atoms with Gasteiger partial charge in [0.2, 0.25) is 5.88 Å². The van der Waals surface area contributed by atoms with Crippen LogP contribution in [-0.4, -0.2) is 36.7 Å². The van der Waals surface area contributed by atoms with E-state index in [0.29, 0.717) is 19.0 Å². The molecule has 1 aliphatic heterocycles. The van der Waals surface area contributed by atoms with Crippen molar-refractivity contribution >= 4 is 5.82 Å². The Morgan fingerprint density at radius 2 is 1.88 bits per heavy atom. The van der Waals surface area contributed by atoms with Crippen LogP contribution in [0.3, 0.4) is 0 Å². The molecule has 0 atom stereocenters. The highest BCUT2D eigenvalue weighted by Gasteiger charge is 2.15. The van der Waals surface area contributed by atoms with Crippen molar-refractivity contribution in [2.24, 2.45) is 0 Å². The van der Waals surface area contributed by atoms with E-state index >= 15 is 0 Å². The third-order valence-corrected chi connectivity index (χ3v) is 5.93. The zero-order chi connectivity index (χ0) is 22.2. The molecule has 32 heavy (non-hydrogen) atoms. The molecule has 0 radical (unpaired) electrons. The van der Waals surface area contributed by atoms with Gasteiger partial charge in [-0.1, -0.05) is 42.0 Å². The zero-order valence-electron chi connectivity index (χ0n) is 19.1. The molecule has 4 rings (SSSR count). The van der Waals surface area contributed by atoms with E-state index in [9.17, 15) is 0 Å². The highest BCUT2D eigenvalue weighted by molar-refractivity contribution is 5.39. The molecule has 168 valence electrons. The Kier molecular flexibility index (Phi) is 7.62. The molecule has 1 aliphatic rings. The number of ether oxygens (including phenoxy) is 2. The highest BCUT2D eigenvalue weighted by atomic mass is 16.5.